The van der Waals surface area contributed by atoms with E-state index in [0.29, 0.717) is 36.7 Å². The van der Waals surface area contributed by atoms with Crippen molar-refractivity contribution < 1.29 is 19.1 Å². The van der Waals surface area contributed by atoms with E-state index in [1.54, 1.807) is 18.2 Å². The molecule has 2 aliphatic heterocycles. The van der Waals surface area contributed by atoms with Crippen LogP contribution >= 0.6 is 12.2 Å². The van der Waals surface area contributed by atoms with Crippen LogP contribution in [0.4, 0.5) is 0 Å². The Morgan fingerprint density at radius 2 is 2.19 bits per heavy atom. The minimum Gasteiger partial charge on any atom is -0.454 e. The molecule has 0 radical (unpaired) electrons. The number of aliphatic imine (C=N–C) groups is 1. The molecule has 0 bridgehead atoms. The lowest BCUT2D eigenvalue weighted by atomic mass is 9.93. The molecule has 1 saturated heterocycles. The van der Waals surface area contributed by atoms with Gasteiger partial charge in [0.1, 0.15) is 5.92 Å². The molecule has 0 saturated carbocycles. The zero-order valence-corrected chi connectivity index (χ0v) is 15.2. The first-order chi connectivity index (χ1) is 12.6. The van der Waals surface area contributed by atoms with Crippen molar-refractivity contribution in [1.29, 1.82) is 0 Å². The molecular formula is C18H21N3O4S. The highest BCUT2D eigenvalue weighted by Crippen LogP contribution is 2.31. The van der Waals surface area contributed by atoms with E-state index in [0.717, 1.165) is 19.3 Å². The molecule has 0 aromatic heterocycles. The van der Waals surface area contributed by atoms with Crippen LogP contribution in [0.5, 0.6) is 0 Å². The summed E-state index contributed by atoms with van der Waals surface area (Å²) in [6.45, 7) is 4.69. The third kappa shape index (κ3) is 4.01. The topological polar surface area (TPSA) is 80.2 Å². The van der Waals surface area contributed by atoms with E-state index in [1.165, 1.54) is 4.90 Å². The molecule has 0 aromatic carbocycles. The average Bonchev–Trinajstić information content (AvgIpc) is 3.08. The molecule has 1 atom stereocenters. The summed E-state index contributed by atoms with van der Waals surface area (Å²) in [6, 6.07) is 0. The molecule has 1 N–H and O–H groups in total. The van der Waals surface area contributed by atoms with Crippen molar-refractivity contribution in [2.75, 3.05) is 19.9 Å². The molecule has 0 spiro atoms. The summed E-state index contributed by atoms with van der Waals surface area (Å²) in [4.78, 5) is 30.2. The van der Waals surface area contributed by atoms with Gasteiger partial charge in [0.2, 0.25) is 23.7 Å². The first kappa shape index (κ1) is 18.3. The number of hydrogen-bond donors (Lipinski definition) is 1. The Morgan fingerprint density at radius 3 is 3.00 bits per heavy atom. The van der Waals surface area contributed by atoms with Crippen LogP contribution < -0.4 is 5.32 Å². The van der Waals surface area contributed by atoms with Crippen molar-refractivity contribution in [2.24, 2.45) is 10.9 Å². The number of thiocarbonyl (C=S) groups is 1. The third-order valence-electron chi connectivity index (χ3n) is 4.30. The van der Waals surface area contributed by atoms with Gasteiger partial charge in [-0.25, -0.2) is 4.99 Å². The molecule has 26 heavy (non-hydrogen) atoms. The Balaban J connectivity index is 1.50. The Morgan fingerprint density at radius 1 is 1.38 bits per heavy atom. The van der Waals surface area contributed by atoms with Crippen LogP contribution in [0.25, 0.3) is 0 Å². The summed E-state index contributed by atoms with van der Waals surface area (Å²) in [7, 11) is 0. The van der Waals surface area contributed by atoms with Crippen molar-refractivity contribution >= 4 is 34.9 Å². The zero-order chi connectivity index (χ0) is 18.5. The number of fused-ring (bicyclic) bond motifs is 2. The van der Waals surface area contributed by atoms with Crippen LogP contribution in [0.15, 0.2) is 41.3 Å². The minimum atomic E-state index is -0.480. The summed E-state index contributed by atoms with van der Waals surface area (Å²) in [6.07, 6.45) is 7.92. The number of hydrogen-bond acceptors (Lipinski definition) is 5. The maximum Gasteiger partial charge on any atom is 0.241 e. The summed E-state index contributed by atoms with van der Waals surface area (Å²) >= 11 is 5.28. The summed E-state index contributed by atoms with van der Waals surface area (Å²) in [5, 5.41) is 3.02. The van der Waals surface area contributed by atoms with Gasteiger partial charge in [-0.1, -0.05) is 12.5 Å². The van der Waals surface area contributed by atoms with Crippen molar-refractivity contribution in [3.05, 3.63) is 36.3 Å². The fourth-order valence-electron chi connectivity index (χ4n) is 2.95. The number of amides is 2. The second-order valence-electron chi connectivity index (χ2n) is 6.14. The molecule has 3 rings (SSSR count). The number of rotatable bonds is 8. The number of unbranched alkanes of at least 4 members (excludes halogenated alkanes) is 2. The van der Waals surface area contributed by atoms with E-state index in [2.05, 4.69) is 16.9 Å². The Kier molecular flexibility index (Phi) is 5.82. The summed E-state index contributed by atoms with van der Waals surface area (Å²) < 4.78 is 10.7. The van der Waals surface area contributed by atoms with E-state index < -0.39 is 5.92 Å². The Labute approximate surface area is 157 Å². The normalized spacial score (nSPS) is 20.8. The predicted molar refractivity (Wildman–Crippen MR) is 100 cm³/mol. The van der Waals surface area contributed by atoms with Gasteiger partial charge in [0, 0.05) is 25.6 Å². The second-order valence-corrected chi connectivity index (χ2v) is 6.50. The summed E-state index contributed by atoms with van der Waals surface area (Å²) in [5.41, 5.74) is 0.597. The molecule has 0 aromatic rings. The van der Waals surface area contributed by atoms with E-state index >= 15 is 0 Å². The lowest BCUT2D eigenvalue weighted by molar-refractivity contribution is -0.128. The second kappa shape index (κ2) is 8.27. The maximum atomic E-state index is 12.8. The van der Waals surface area contributed by atoms with Gasteiger partial charge in [-0.2, -0.15) is 0 Å². The van der Waals surface area contributed by atoms with E-state index in [1.807, 2.05) is 0 Å². The Bertz CT molecular complexity index is 726. The minimum absolute atomic E-state index is 0.0129. The number of carbonyl (C=O) groups is 2. The van der Waals surface area contributed by atoms with Crippen LogP contribution in [-0.2, 0) is 19.1 Å². The highest BCUT2D eigenvalue weighted by Gasteiger charge is 2.38. The third-order valence-corrected chi connectivity index (χ3v) is 4.62. The van der Waals surface area contributed by atoms with Crippen molar-refractivity contribution in [2.45, 2.75) is 25.7 Å². The smallest absolute Gasteiger partial charge is 0.241 e. The van der Waals surface area contributed by atoms with E-state index in [-0.39, 0.29) is 23.7 Å². The fraction of sp³-hybridized carbons (Fsp3) is 0.444. The highest BCUT2D eigenvalue weighted by atomic mass is 32.1. The van der Waals surface area contributed by atoms with Gasteiger partial charge in [-0.15, -0.1) is 6.58 Å². The van der Waals surface area contributed by atoms with Crippen molar-refractivity contribution in [1.82, 2.24) is 10.2 Å². The predicted octanol–water partition coefficient (Wildman–Crippen LogP) is 1.82. The lowest BCUT2D eigenvalue weighted by Crippen LogP contribution is -2.46. The summed E-state index contributed by atoms with van der Waals surface area (Å²) in [5.74, 6) is 0.618. The molecule has 1 unspecified atom stereocenters. The SMILES string of the molecule is C=CCNC(=O)CCCCCN1C(=O)C2C=C3OCOC3=CC2=NC1=S. The van der Waals surface area contributed by atoms with Crippen molar-refractivity contribution in [3.8, 4) is 0 Å². The van der Waals surface area contributed by atoms with Gasteiger partial charge in [0.05, 0.1) is 5.71 Å². The van der Waals surface area contributed by atoms with Gasteiger partial charge in [0.15, 0.2) is 11.5 Å². The van der Waals surface area contributed by atoms with Crippen LogP contribution in [0.1, 0.15) is 25.7 Å². The molecule has 7 nitrogen and oxygen atoms in total. The van der Waals surface area contributed by atoms with E-state index in [4.69, 9.17) is 21.7 Å². The molecular weight excluding hydrogens is 354 g/mol. The number of nitrogens with zero attached hydrogens (tertiary/aromatic N) is 2. The molecule has 138 valence electrons. The quantitative estimate of drug-likeness (QED) is 0.398. The van der Waals surface area contributed by atoms with Crippen LogP contribution in [0, 0.1) is 5.92 Å². The van der Waals surface area contributed by atoms with Crippen LogP contribution in [0.2, 0.25) is 0 Å². The number of ether oxygens (including phenoxy) is 2. The van der Waals surface area contributed by atoms with Gasteiger partial charge in [-0.3, -0.25) is 14.5 Å². The first-order valence-corrected chi connectivity index (χ1v) is 9.02. The van der Waals surface area contributed by atoms with E-state index in [9.17, 15) is 9.59 Å². The molecule has 1 fully saturated rings. The Hall–Kier alpha value is -2.48. The van der Waals surface area contributed by atoms with Gasteiger partial charge in [0.25, 0.3) is 0 Å². The first-order valence-electron chi connectivity index (χ1n) is 8.61. The number of nitrogens with one attached hydrogen (secondary N) is 1. The molecule has 2 heterocycles. The van der Waals surface area contributed by atoms with Crippen molar-refractivity contribution in [3.63, 3.8) is 0 Å². The zero-order valence-electron chi connectivity index (χ0n) is 14.4. The monoisotopic (exact) mass is 375 g/mol. The van der Waals surface area contributed by atoms with Gasteiger partial charge in [-0.05, 0) is 31.1 Å². The maximum absolute atomic E-state index is 12.8. The fourth-order valence-corrected chi connectivity index (χ4v) is 3.23. The van der Waals surface area contributed by atoms with Crippen LogP contribution in [0.3, 0.4) is 0 Å². The standard InChI is InChI=1S/C18H21N3O4S/c1-2-7-19-16(22)6-4-3-5-8-21-17(23)12-9-14-15(25-11-24-14)10-13(12)20-18(21)26/h2,9-10,12H,1,3-8,11H2,(H,19,22). The largest absolute Gasteiger partial charge is 0.454 e. The molecule has 2 amide bonds. The lowest BCUT2D eigenvalue weighted by Gasteiger charge is -2.30. The van der Waals surface area contributed by atoms with Gasteiger partial charge < -0.3 is 14.8 Å². The molecule has 8 heteroatoms. The molecule has 1 aliphatic carbocycles. The number of carbonyl (C=O) groups excluding carboxylic acids is 2. The number of allylic oxidation sites excluding steroid dienone is 1. The average molecular weight is 375 g/mol. The molecule has 3 aliphatic rings. The highest BCUT2D eigenvalue weighted by molar-refractivity contribution is 7.80. The van der Waals surface area contributed by atoms with Gasteiger partial charge >= 0.3 is 0 Å². The van der Waals surface area contributed by atoms with Crippen LogP contribution in [-0.4, -0.2) is 47.4 Å².